The number of carbonyl (C=O) groups is 1. The number of nitrogens with two attached hydrogens (primary N) is 1. The Balaban J connectivity index is 1.17. The van der Waals surface area contributed by atoms with Gasteiger partial charge >= 0.3 is 0 Å². The summed E-state index contributed by atoms with van der Waals surface area (Å²) in [5.41, 5.74) is 7.55. The van der Waals surface area contributed by atoms with Gasteiger partial charge in [-0.15, -0.1) is 0 Å². The molecular formula is C27H30N6O6S. The van der Waals surface area contributed by atoms with Gasteiger partial charge in [-0.2, -0.15) is 4.98 Å². The van der Waals surface area contributed by atoms with Crippen molar-refractivity contribution in [3.05, 3.63) is 72.1 Å². The van der Waals surface area contributed by atoms with Crippen molar-refractivity contribution in [1.82, 2.24) is 20.2 Å². The molecule has 40 heavy (non-hydrogen) atoms. The highest BCUT2D eigenvalue weighted by Gasteiger charge is 2.16. The van der Waals surface area contributed by atoms with E-state index in [-0.39, 0.29) is 23.3 Å². The molecule has 0 unspecified atom stereocenters. The number of nitrogens with one attached hydrogen (secondary N) is 2. The zero-order valence-corrected chi connectivity index (χ0v) is 22.5. The summed E-state index contributed by atoms with van der Waals surface area (Å²) in [6, 6.07) is 13.5. The molecule has 1 saturated heterocycles. The van der Waals surface area contributed by atoms with Crippen molar-refractivity contribution < 1.29 is 27.1 Å². The molecule has 0 radical (unpaired) electrons. The van der Waals surface area contributed by atoms with Gasteiger partial charge in [-0.05, 0) is 35.9 Å². The maximum absolute atomic E-state index is 12.9. The third-order valence-electron chi connectivity index (χ3n) is 6.37. The van der Waals surface area contributed by atoms with Crippen LogP contribution < -0.4 is 21.1 Å². The summed E-state index contributed by atoms with van der Waals surface area (Å²) < 4.78 is 42.3. The van der Waals surface area contributed by atoms with Crippen molar-refractivity contribution in [3.63, 3.8) is 0 Å². The number of anilines is 2. The number of rotatable bonds is 12. The molecule has 4 aromatic rings. The Hall–Kier alpha value is -4.04. The molecule has 3 heterocycles. The van der Waals surface area contributed by atoms with Crippen molar-refractivity contribution in [2.45, 2.75) is 11.5 Å². The van der Waals surface area contributed by atoms with Crippen LogP contribution in [0.25, 0.3) is 11.0 Å². The van der Waals surface area contributed by atoms with E-state index in [2.05, 4.69) is 25.5 Å². The van der Waals surface area contributed by atoms with Crippen LogP contribution in [-0.4, -0.2) is 74.5 Å². The van der Waals surface area contributed by atoms with E-state index in [4.69, 9.17) is 19.6 Å². The van der Waals surface area contributed by atoms with Crippen LogP contribution in [0.5, 0.6) is 5.88 Å². The van der Waals surface area contributed by atoms with Crippen LogP contribution >= 0.6 is 0 Å². The average molecular weight is 567 g/mol. The van der Waals surface area contributed by atoms with Crippen LogP contribution in [0.3, 0.4) is 0 Å². The first-order valence-electron chi connectivity index (χ1n) is 12.7. The number of primary amides is 1. The Morgan fingerprint density at radius 3 is 2.80 bits per heavy atom. The van der Waals surface area contributed by atoms with Crippen molar-refractivity contribution in [1.29, 1.82) is 0 Å². The largest absolute Gasteiger partial charge is 0.473 e. The number of carbonyl (C=O) groups excluding carboxylic acids is 1. The fourth-order valence-corrected chi connectivity index (χ4v) is 5.41. The Morgan fingerprint density at radius 2 is 1.98 bits per heavy atom. The minimum atomic E-state index is -3.54. The van der Waals surface area contributed by atoms with Crippen LogP contribution in [0.2, 0.25) is 0 Å². The van der Waals surface area contributed by atoms with Crippen LogP contribution in [0.1, 0.15) is 15.9 Å². The Labute approximate surface area is 231 Å². The van der Waals surface area contributed by atoms with E-state index in [0.717, 1.165) is 25.2 Å². The van der Waals surface area contributed by atoms with E-state index in [1.807, 2.05) is 6.07 Å². The number of morpholine rings is 1. The number of benzene rings is 2. The number of ether oxygens (including phenoxy) is 2. The van der Waals surface area contributed by atoms with Gasteiger partial charge in [-0.3, -0.25) is 9.69 Å². The summed E-state index contributed by atoms with van der Waals surface area (Å²) >= 11 is 0. The lowest BCUT2D eigenvalue weighted by atomic mass is 10.1. The van der Waals surface area contributed by atoms with Crippen LogP contribution in [0, 0.1) is 0 Å². The number of aromatic nitrogens is 2. The minimum Gasteiger partial charge on any atom is -0.473 e. The lowest BCUT2D eigenvalue weighted by molar-refractivity contribution is 0.0386. The summed E-state index contributed by atoms with van der Waals surface area (Å²) in [5.74, 6) is -0.136. The van der Waals surface area contributed by atoms with Crippen molar-refractivity contribution in [2.24, 2.45) is 5.73 Å². The molecule has 5 rings (SSSR count). The summed E-state index contributed by atoms with van der Waals surface area (Å²) in [4.78, 5) is 22.5. The van der Waals surface area contributed by atoms with E-state index in [1.165, 1.54) is 6.26 Å². The summed E-state index contributed by atoms with van der Waals surface area (Å²) in [6.45, 7) is 4.67. The van der Waals surface area contributed by atoms with Crippen molar-refractivity contribution in [2.75, 3.05) is 50.6 Å². The Kier molecular flexibility index (Phi) is 8.55. The van der Waals surface area contributed by atoms with E-state index < -0.39 is 15.7 Å². The van der Waals surface area contributed by atoms with Gasteiger partial charge in [0.1, 0.15) is 24.3 Å². The zero-order chi connectivity index (χ0) is 28.0. The van der Waals surface area contributed by atoms with E-state index >= 15 is 0 Å². The smallest absolute Gasteiger partial charge is 0.252 e. The van der Waals surface area contributed by atoms with E-state index in [9.17, 15) is 13.2 Å². The van der Waals surface area contributed by atoms with Crippen LogP contribution in [-0.2, 0) is 21.2 Å². The number of nitrogens with zero attached hydrogens (tertiary/aromatic N) is 3. The monoisotopic (exact) mass is 566 g/mol. The number of fused-ring (bicyclic) bond motifs is 1. The second-order valence-corrected chi connectivity index (χ2v) is 11.2. The molecule has 4 N–H and O–H groups in total. The fourth-order valence-electron chi connectivity index (χ4n) is 4.24. The van der Waals surface area contributed by atoms with Gasteiger partial charge in [0.05, 0.1) is 23.7 Å². The lowest BCUT2D eigenvalue weighted by Crippen LogP contribution is -2.41. The van der Waals surface area contributed by atoms with Gasteiger partial charge in [-0.25, -0.2) is 13.4 Å². The number of furan rings is 1. The zero-order valence-electron chi connectivity index (χ0n) is 21.7. The number of amides is 1. The summed E-state index contributed by atoms with van der Waals surface area (Å²) in [5, 5.41) is 6.71. The molecule has 0 atom stereocenters. The van der Waals surface area contributed by atoms with Gasteiger partial charge in [0.2, 0.25) is 11.8 Å². The highest BCUT2D eigenvalue weighted by Crippen LogP contribution is 2.24. The molecule has 0 saturated carbocycles. The van der Waals surface area contributed by atoms with Crippen LogP contribution in [0.4, 0.5) is 11.6 Å². The van der Waals surface area contributed by atoms with Crippen LogP contribution in [0.15, 0.2) is 70.3 Å². The highest BCUT2D eigenvalue weighted by molar-refractivity contribution is 7.91. The van der Waals surface area contributed by atoms with Gasteiger partial charge < -0.3 is 30.3 Å². The lowest BCUT2D eigenvalue weighted by Gasteiger charge is -2.26. The number of sulfone groups is 1. The second-order valence-electron chi connectivity index (χ2n) is 9.22. The Bertz CT molecular complexity index is 1590. The predicted octanol–water partition coefficient (Wildman–Crippen LogP) is 2.30. The van der Waals surface area contributed by atoms with Gasteiger partial charge in [-0.1, -0.05) is 12.1 Å². The SMILES string of the molecule is NC(=O)c1coc2cc(COc3ccnc(Nc4cccc(S(=O)(=O)CNCCN5CCOCC5)c4)n3)ccc12. The molecule has 1 aliphatic heterocycles. The standard InChI is InChI=1S/C27H30N6O6S/c28-26(34)23-17-38-24-14-19(4-5-22(23)24)16-39-25-6-7-30-27(32-25)31-20-2-1-3-21(15-20)40(35,36)18-29-8-9-33-10-12-37-13-11-33/h1-7,14-15,17,29H,8-13,16,18H2,(H2,28,34)(H,30,31,32). The molecule has 12 nitrogen and oxygen atoms in total. The predicted molar refractivity (Wildman–Crippen MR) is 148 cm³/mol. The fraction of sp³-hybridized carbons (Fsp3) is 0.296. The summed E-state index contributed by atoms with van der Waals surface area (Å²) in [6.07, 6.45) is 2.88. The van der Waals surface area contributed by atoms with Gasteiger partial charge in [0.25, 0.3) is 5.91 Å². The molecule has 13 heteroatoms. The normalized spacial score (nSPS) is 14.3. The first-order chi connectivity index (χ1) is 19.4. The molecular weight excluding hydrogens is 536 g/mol. The minimum absolute atomic E-state index is 0.158. The maximum atomic E-state index is 12.9. The third kappa shape index (κ3) is 6.93. The number of hydrogen-bond donors (Lipinski definition) is 3. The molecule has 2 aromatic carbocycles. The molecule has 0 spiro atoms. The highest BCUT2D eigenvalue weighted by atomic mass is 32.2. The van der Waals surface area contributed by atoms with Crippen molar-refractivity contribution >= 4 is 38.3 Å². The molecule has 1 amide bonds. The first-order valence-corrected chi connectivity index (χ1v) is 14.4. The average Bonchev–Trinajstić information content (AvgIpc) is 3.39. The van der Waals surface area contributed by atoms with E-state index in [1.54, 1.807) is 48.7 Å². The molecule has 210 valence electrons. The maximum Gasteiger partial charge on any atom is 0.252 e. The number of hydrogen-bond acceptors (Lipinski definition) is 11. The quantitative estimate of drug-likeness (QED) is 0.216. The molecule has 1 aliphatic rings. The van der Waals surface area contributed by atoms with Gasteiger partial charge in [0.15, 0.2) is 9.84 Å². The molecule has 0 aliphatic carbocycles. The third-order valence-corrected chi connectivity index (χ3v) is 7.93. The van der Waals surface area contributed by atoms with Gasteiger partial charge in [0, 0.05) is 49.5 Å². The molecule has 0 bridgehead atoms. The second kappa shape index (κ2) is 12.4. The molecule has 1 fully saturated rings. The summed E-state index contributed by atoms with van der Waals surface area (Å²) in [7, 11) is -3.54. The van der Waals surface area contributed by atoms with Crippen molar-refractivity contribution in [3.8, 4) is 5.88 Å². The Morgan fingerprint density at radius 1 is 1.12 bits per heavy atom. The van der Waals surface area contributed by atoms with E-state index in [0.29, 0.717) is 47.9 Å². The first kappa shape index (κ1) is 27.5. The topological polar surface area (TPSA) is 162 Å². The molecule has 2 aromatic heterocycles.